The molecule has 1 aliphatic rings. The number of nitrogens with zero attached hydrogens (tertiary/aromatic N) is 4. The molecule has 0 amide bonds. The molecule has 1 saturated heterocycles. The van der Waals surface area contributed by atoms with E-state index in [4.69, 9.17) is 19.9 Å². The van der Waals surface area contributed by atoms with Gasteiger partial charge in [-0.3, -0.25) is 10.1 Å². The number of ether oxygens (including phenoxy) is 3. The molecule has 0 aromatic carbocycles. The van der Waals surface area contributed by atoms with Crippen molar-refractivity contribution in [3.05, 3.63) is 24.2 Å². The van der Waals surface area contributed by atoms with E-state index >= 15 is 0 Å². The van der Waals surface area contributed by atoms with Crippen molar-refractivity contribution >= 4 is 17.3 Å². The van der Waals surface area contributed by atoms with Gasteiger partial charge in [0.2, 0.25) is 5.60 Å². The highest BCUT2D eigenvalue weighted by Crippen LogP contribution is 2.40. The smallest absolute Gasteiger partial charge is 0.323 e. The molecule has 2 aromatic heterocycles. The number of aliphatic hydroxyl groups excluding tert-OH is 2. The lowest BCUT2D eigenvalue weighted by Crippen LogP contribution is -2.47. The molecule has 2 aromatic rings. The summed E-state index contributed by atoms with van der Waals surface area (Å²) in [4.78, 5) is 15.7. The van der Waals surface area contributed by atoms with Crippen molar-refractivity contribution in [2.45, 2.75) is 56.8 Å². The number of rotatable bonds is 8. The van der Waals surface area contributed by atoms with Gasteiger partial charge in [-0.25, -0.2) is 9.50 Å². The Morgan fingerprint density at radius 2 is 2.19 bits per heavy atom. The fourth-order valence-corrected chi connectivity index (χ4v) is 3.28. The SMILES string of the molecule is CC(C)OC(=O)[C@H](C)NCOC[C@@]1(C#N)O[C@@H](c2ccc3c(N)ncnn23)[C@H](O)[C@@H]1O. The Hall–Kier alpha value is -2.82. The van der Waals surface area contributed by atoms with Gasteiger partial charge in [-0.1, -0.05) is 0 Å². The molecule has 0 spiro atoms. The van der Waals surface area contributed by atoms with Gasteiger partial charge in [0.25, 0.3) is 0 Å². The third-order valence-corrected chi connectivity index (χ3v) is 4.95. The highest BCUT2D eigenvalue weighted by Gasteiger charge is 2.56. The summed E-state index contributed by atoms with van der Waals surface area (Å²) in [5, 5.41) is 37.7. The Balaban J connectivity index is 1.67. The minimum absolute atomic E-state index is 0.105. The first-order valence-corrected chi connectivity index (χ1v) is 9.75. The average Bonchev–Trinajstić information content (AvgIpc) is 3.26. The third-order valence-electron chi connectivity index (χ3n) is 4.95. The van der Waals surface area contributed by atoms with Crippen LogP contribution in [-0.4, -0.2) is 74.1 Å². The van der Waals surface area contributed by atoms with Crippen molar-refractivity contribution in [2.24, 2.45) is 0 Å². The van der Waals surface area contributed by atoms with Gasteiger partial charge in [0.1, 0.15) is 42.3 Å². The van der Waals surface area contributed by atoms with Crippen LogP contribution in [0.15, 0.2) is 18.5 Å². The van der Waals surface area contributed by atoms with E-state index in [9.17, 15) is 20.3 Å². The number of carbonyl (C=O) groups is 1. The van der Waals surface area contributed by atoms with Gasteiger partial charge in [-0.2, -0.15) is 10.4 Å². The highest BCUT2D eigenvalue weighted by atomic mass is 16.6. The van der Waals surface area contributed by atoms with E-state index in [0.717, 1.165) is 0 Å². The highest BCUT2D eigenvalue weighted by molar-refractivity contribution is 5.75. The van der Waals surface area contributed by atoms with Gasteiger partial charge in [0.15, 0.2) is 5.82 Å². The molecule has 168 valence electrons. The molecule has 0 radical (unpaired) electrons. The summed E-state index contributed by atoms with van der Waals surface area (Å²) >= 11 is 0. The largest absolute Gasteiger partial charge is 0.462 e. The molecular formula is C19H26N6O6. The first-order valence-electron chi connectivity index (χ1n) is 9.75. The zero-order valence-corrected chi connectivity index (χ0v) is 17.4. The lowest BCUT2D eigenvalue weighted by molar-refractivity contribution is -0.150. The molecule has 1 fully saturated rings. The van der Waals surface area contributed by atoms with Crippen LogP contribution in [0.2, 0.25) is 0 Å². The third kappa shape index (κ3) is 4.46. The maximum Gasteiger partial charge on any atom is 0.323 e. The second-order valence-electron chi connectivity index (χ2n) is 7.58. The molecule has 0 saturated carbocycles. The Bertz CT molecular complexity index is 974. The number of aromatic nitrogens is 3. The number of carbonyl (C=O) groups excluding carboxylic acids is 1. The number of nitrogens with one attached hydrogen (secondary N) is 1. The topological polar surface area (TPSA) is 177 Å². The molecular weight excluding hydrogens is 408 g/mol. The summed E-state index contributed by atoms with van der Waals surface area (Å²) in [6, 6.07) is 4.54. The van der Waals surface area contributed by atoms with Crippen molar-refractivity contribution < 1.29 is 29.2 Å². The zero-order chi connectivity index (χ0) is 22.8. The van der Waals surface area contributed by atoms with Crippen molar-refractivity contribution in [1.82, 2.24) is 19.9 Å². The van der Waals surface area contributed by atoms with E-state index in [2.05, 4.69) is 15.4 Å². The second kappa shape index (κ2) is 9.13. The minimum Gasteiger partial charge on any atom is -0.462 e. The van der Waals surface area contributed by atoms with Crippen LogP contribution in [0, 0.1) is 11.3 Å². The molecule has 12 heteroatoms. The predicted octanol–water partition coefficient (Wildman–Crippen LogP) is -0.729. The van der Waals surface area contributed by atoms with Crippen LogP contribution in [-0.2, 0) is 19.0 Å². The van der Waals surface area contributed by atoms with E-state index in [1.54, 1.807) is 32.9 Å². The number of esters is 1. The number of nitrogen functional groups attached to an aromatic ring is 1. The van der Waals surface area contributed by atoms with Crippen molar-refractivity contribution in [1.29, 1.82) is 5.26 Å². The molecule has 31 heavy (non-hydrogen) atoms. The molecule has 5 N–H and O–H groups in total. The van der Waals surface area contributed by atoms with Crippen molar-refractivity contribution in [2.75, 3.05) is 19.1 Å². The Kier molecular flexibility index (Phi) is 6.73. The number of nitriles is 1. The quantitative estimate of drug-likeness (QED) is 0.234. The van der Waals surface area contributed by atoms with Gasteiger partial charge in [-0.05, 0) is 32.9 Å². The van der Waals surface area contributed by atoms with Crippen LogP contribution < -0.4 is 11.1 Å². The van der Waals surface area contributed by atoms with Gasteiger partial charge < -0.3 is 30.2 Å². The van der Waals surface area contributed by atoms with Crippen molar-refractivity contribution in [3.8, 4) is 6.07 Å². The number of hydrogen-bond donors (Lipinski definition) is 4. The fourth-order valence-electron chi connectivity index (χ4n) is 3.28. The normalized spacial score (nSPS) is 26.8. The number of fused-ring (bicyclic) bond motifs is 1. The number of aliphatic hydroxyl groups is 2. The molecule has 12 nitrogen and oxygen atoms in total. The molecule has 0 aliphatic carbocycles. The monoisotopic (exact) mass is 434 g/mol. The maximum absolute atomic E-state index is 11.8. The zero-order valence-electron chi connectivity index (χ0n) is 17.4. The summed E-state index contributed by atoms with van der Waals surface area (Å²) in [5.74, 6) is -0.206. The number of anilines is 1. The summed E-state index contributed by atoms with van der Waals surface area (Å²) in [5.41, 5.74) is 4.90. The predicted molar refractivity (Wildman–Crippen MR) is 106 cm³/mol. The van der Waals surface area contributed by atoms with Crippen LogP contribution in [0.1, 0.15) is 32.6 Å². The molecule has 3 rings (SSSR count). The summed E-state index contributed by atoms with van der Waals surface area (Å²) in [6.45, 7) is 4.64. The Morgan fingerprint density at radius 3 is 2.87 bits per heavy atom. The Morgan fingerprint density at radius 1 is 1.45 bits per heavy atom. The van der Waals surface area contributed by atoms with E-state index in [-0.39, 0.29) is 25.3 Å². The molecule has 0 unspecified atom stereocenters. The van der Waals surface area contributed by atoms with E-state index in [0.29, 0.717) is 11.2 Å². The van der Waals surface area contributed by atoms with Crippen LogP contribution in [0.25, 0.3) is 5.52 Å². The maximum atomic E-state index is 11.8. The summed E-state index contributed by atoms with van der Waals surface area (Å²) in [6.07, 6.45) is -3.00. The van der Waals surface area contributed by atoms with Crippen LogP contribution in [0.5, 0.6) is 0 Å². The molecule has 0 bridgehead atoms. The van der Waals surface area contributed by atoms with Gasteiger partial charge in [0, 0.05) is 0 Å². The molecule has 5 atom stereocenters. The van der Waals surface area contributed by atoms with E-state index in [1.807, 2.05) is 6.07 Å². The minimum atomic E-state index is -1.82. The van der Waals surface area contributed by atoms with E-state index in [1.165, 1.54) is 10.8 Å². The standard InChI is InChI=1S/C19H26N6O6/c1-10(2)30-18(28)11(3)23-9-29-7-19(6-20)16(27)14(26)15(31-19)12-4-5-13-17(21)22-8-24-25(12)13/h4-5,8,10-11,14-16,23,26-27H,7,9H2,1-3H3,(H2,21,22,24)/t11-,14-,15-,16-,19+/m0/s1. The number of hydrogen-bond acceptors (Lipinski definition) is 11. The van der Waals surface area contributed by atoms with E-state index < -0.39 is 35.9 Å². The second-order valence-corrected chi connectivity index (χ2v) is 7.58. The van der Waals surface area contributed by atoms with Crippen LogP contribution in [0.3, 0.4) is 0 Å². The molecule has 1 aliphatic heterocycles. The lowest BCUT2D eigenvalue weighted by Gasteiger charge is -2.24. The van der Waals surface area contributed by atoms with Crippen LogP contribution in [0.4, 0.5) is 5.82 Å². The summed E-state index contributed by atoms with van der Waals surface area (Å²) in [7, 11) is 0. The first kappa shape index (κ1) is 22.9. The first-order chi connectivity index (χ1) is 14.7. The fraction of sp³-hybridized carbons (Fsp3) is 0.579. The molecule has 3 heterocycles. The van der Waals surface area contributed by atoms with Crippen LogP contribution >= 0.6 is 0 Å². The van der Waals surface area contributed by atoms with Gasteiger partial charge in [0.05, 0.1) is 25.1 Å². The number of nitrogens with two attached hydrogens (primary N) is 1. The lowest BCUT2D eigenvalue weighted by atomic mass is 9.96. The Labute approximate surface area is 178 Å². The van der Waals surface area contributed by atoms with Gasteiger partial charge in [-0.15, -0.1) is 0 Å². The van der Waals surface area contributed by atoms with Gasteiger partial charge >= 0.3 is 5.97 Å². The summed E-state index contributed by atoms with van der Waals surface area (Å²) < 4.78 is 17.7. The average molecular weight is 434 g/mol. The van der Waals surface area contributed by atoms with Crippen molar-refractivity contribution in [3.63, 3.8) is 0 Å².